The van der Waals surface area contributed by atoms with Crippen LogP contribution in [0.2, 0.25) is 0 Å². The van der Waals surface area contributed by atoms with E-state index < -0.39 is 41.3 Å². The van der Waals surface area contributed by atoms with Gasteiger partial charge in [-0.05, 0) is 159 Å². The third kappa shape index (κ3) is 12.2. The first-order valence-electron chi connectivity index (χ1n) is 34.3. The summed E-state index contributed by atoms with van der Waals surface area (Å²) in [7, 11) is -7.27. The van der Waals surface area contributed by atoms with E-state index in [2.05, 4.69) is 154 Å². The van der Waals surface area contributed by atoms with Crippen LogP contribution >= 0.6 is 14.7 Å². The van der Waals surface area contributed by atoms with Crippen molar-refractivity contribution in [1.82, 2.24) is 0 Å². The van der Waals surface area contributed by atoms with Gasteiger partial charge in [-0.25, -0.2) is 0 Å². The maximum atomic E-state index is 16.1. The fourth-order valence-electron chi connectivity index (χ4n) is 14.6. The monoisotopic (exact) mass is 1320 g/mol. The number of epoxide rings is 4. The lowest BCUT2D eigenvalue weighted by atomic mass is 9.68. The van der Waals surface area contributed by atoms with E-state index in [-0.39, 0.29) is 24.4 Å². The molecular formula is C81H90O12P2. The van der Waals surface area contributed by atoms with Crippen molar-refractivity contribution in [2.75, 3.05) is 52.9 Å². The van der Waals surface area contributed by atoms with E-state index >= 15 is 9.13 Å². The molecule has 0 saturated carbocycles. The highest BCUT2D eigenvalue weighted by Gasteiger charge is 2.52. The zero-order valence-electron chi connectivity index (χ0n) is 56.7. The molecule has 0 spiro atoms. The summed E-state index contributed by atoms with van der Waals surface area (Å²) < 4.78 is 96.0. The summed E-state index contributed by atoms with van der Waals surface area (Å²) in [6.45, 7) is 26.4. The van der Waals surface area contributed by atoms with E-state index in [1.54, 1.807) is 0 Å². The molecule has 0 aromatic heterocycles. The lowest BCUT2D eigenvalue weighted by Gasteiger charge is -2.40. The molecule has 14 heteroatoms. The van der Waals surface area contributed by atoms with Crippen LogP contribution in [0.4, 0.5) is 0 Å². The molecule has 12 nitrogen and oxygen atoms in total. The second-order valence-electron chi connectivity index (χ2n) is 28.5. The van der Waals surface area contributed by atoms with Gasteiger partial charge in [-0.1, -0.05) is 163 Å². The van der Waals surface area contributed by atoms with Crippen LogP contribution in [0.1, 0.15) is 139 Å². The molecule has 8 aromatic rings. The molecule has 6 aliphatic rings. The van der Waals surface area contributed by atoms with Crippen molar-refractivity contribution in [3.8, 4) is 56.8 Å². The number of hydrogen-bond acceptors (Lipinski definition) is 12. The number of ether oxygens (including phenoxy) is 8. The van der Waals surface area contributed by atoms with Crippen LogP contribution in [0.3, 0.4) is 0 Å². The Bertz CT molecular complexity index is 4280. The minimum absolute atomic E-state index is 0.0353. The van der Waals surface area contributed by atoms with Crippen molar-refractivity contribution < 1.29 is 56.1 Å². The quantitative estimate of drug-likeness (QED) is 0.0341. The Kier molecular flexibility index (Phi) is 17.4. The van der Waals surface area contributed by atoms with Gasteiger partial charge in [-0.3, -0.25) is 9.13 Å². The molecule has 4 saturated heterocycles. The van der Waals surface area contributed by atoms with Gasteiger partial charge in [-0.15, -0.1) is 0 Å². The Morgan fingerprint density at radius 1 is 0.379 bits per heavy atom. The summed E-state index contributed by atoms with van der Waals surface area (Å²) >= 11 is 0. The average molecular weight is 1320 g/mol. The fourth-order valence-corrected chi connectivity index (χ4v) is 19.9. The smallest absolute Gasteiger partial charge is 0.287 e. The van der Waals surface area contributed by atoms with Gasteiger partial charge in [0, 0.05) is 38.5 Å². The predicted molar refractivity (Wildman–Crippen MR) is 376 cm³/mol. The Morgan fingerprint density at radius 3 is 1.07 bits per heavy atom. The van der Waals surface area contributed by atoms with Gasteiger partial charge in [0.15, 0.2) is 0 Å². The van der Waals surface area contributed by atoms with Crippen molar-refractivity contribution in [2.24, 2.45) is 0 Å². The summed E-state index contributed by atoms with van der Waals surface area (Å²) in [5, 5.41) is -0.477. The number of rotatable bonds is 28. The summed E-state index contributed by atoms with van der Waals surface area (Å²) in [5.74, 6) is 4.47. The van der Waals surface area contributed by atoms with Crippen LogP contribution in [0.25, 0.3) is 22.3 Å². The van der Waals surface area contributed by atoms with E-state index in [9.17, 15) is 0 Å². The lowest BCUT2D eigenvalue weighted by molar-refractivity contribution is 0.250. The van der Waals surface area contributed by atoms with Crippen molar-refractivity contribution in [3.05, 3.63) is 214 Å². The molecule has 0 N–H and O–H groups in total. The Balaban J connectivity index is 0.842. The molecular weight excluding hydrogens is 1230 g/mol. The first kappa shape index (κ1) is 65.2. The molecule has 6 heterocycles. The number of fused-ring (bicyclic) bond motifs is 6. The van der Waals surface area contributed by atoms with Crippen LogP contribution in [0.5, 0.6) is 34.5 Å². The maximum Gasteiger partial charge on any atom is 0.287 e. The van der Waals surface area contributed by atoms with Crippen LogP contribution in [-0.2, 0) is 67.5 Å². The first-order chi connectivity index (χ1) is 45.8. The number of benzene rings is 8. The second kappa shape index (κ2) is 25.4. The van der Waals surface area contributed by atoms with Gasteiger partial charge in [-0.2, -0.15) is 0 Å². The minimum Gasteiger partial charge on any atom is -0.491 e. The molecule has 95 heavy (non-hydrogen) atoms. The van der Waals surface area contributed by atoms with Crippen LogP contribution in [0, 0.1) is 0 Å². The standard InChI is InChI=1S/C81H90O12P2/c1-11-80(12-2,44-54-40-57(33-36-70(54)89-50-60-46-85-60)78(7,8)94(82)75-29-21-17-25-65(75)63-23-15-19-27-71(63)92-94)67-41-56(32-37-73(67)90-51-61-47-86-61)77(5,6)55-31-35-69(88-49-59-45-84-59)53(39-55)43-81(13-3,14-4)68-42-58(34-38-74(68)91-52-62-48-87-62)79(9,10)95(83)76-30-22-18-26-66(76)64-24-16-20-28-72(64)93-95/h15-42,59-62H,11-14,43-52H2,1-10H3. The number of para-hydroxylation sites is 2. The summed E-state index contributed by atoms with van der Waals surface area (Å²) in [4.78, 5) is 0. The summed E-state index contributed by atoms with van der Waals surface area (Å²) in [6, 6.07) is 58.2. The molecule has 8 aromatic carbocycles. The molecule has 0 amide bonds. The Hall–Kier alpha value is -7.14. The van der Waals surface area contributed by atoms with Crippen molar-refractivity contribution >= 4 is 25.3 Å². The van der Waals surface area contributed by atoms with Gasteiger partial charge < -0.3 is 46.9 Å². The topological polar surface area (TPSA) is 140 Å². The zero-order chi connectivity index (χ0) is 66.1. The molecule has 6 atom stereocenters. The molecule has 496 valence electrons. The van der Waals surface area contributed by atoms with Gasteiger partial charge in [0.1, 0.15) is 85.3 Å². The molecule has 14 rings (SSSR count). The van der Waals surface area contributed by atoms with Crippen molar-refractivity contribution in [3.63, 3.8) is 0 Å². The molecule has 6 aliphatic heterocycles. The Morgan fingerprint density at radius 2 is 0.684 bits per heavy atom. The van der Waals surface area contributed by atoms with E-state index in [4.69, 9.17) is 46.9 Å². The molecule has 0 aliphatic carbocycles. The van der Waals surface area contributed by atoms with Crippen molar-refractivity contribution in [2.45, 2.75) is 159 Å². The Labute approximate surface area is 561 Å². The fraction of sp³-hybridized carbons (Fsp3) is 0.407. The van der Waals surface area contributed by atoms with E-state index in [1.807, 2.05) is 84.9 Å². The van der Waals surface area contributed by atoms with Gasteiger partial charge in [0.2, 0.25) is 0 Å². The SMILES string of the molecule is CCC(CC)(Cc1cc(C(C)(C)P2(=O)Oc3ccccc3-c3ccccc32)ccc1OCC1CO1)c1cc(C(C)(C)c2ccc(OCC3CO3)c(CC(CC)(CC)c3cc(C(C)(C)P4(=O)Oc5ccccc5-c5ccccc54)ccc3OCC3CO3)c2)ccc1OCC1CO1. The average Bonchev–Trinajstić information content (AvgIpc) is 1.56. The first-order valence-corrected chi connectivity index (χ1v) is 37.5. The van der Waals surface area contributed by atoms with E-state index in [0.29, 0.717) is 77.2 Å². The summed E-state index contributed by atoms with van der Waals surface area (Å²) in [6.07, 6.45) is 4.52. The van der Waals surface area contributed by atoms with Crippen LogP contribution in [-0.4, -0.2) is 77.3 Å². The highest BCUT2D eigenvalue weighted by Crippen LogP contribution is 2.68. The van der Waals surface area contributed by atoms with Crippen LogP contribution < -0.4 is 38.6 Å². The molecule has 0 radical (unpaired) electrons. The van der Waals surface area contributed by atoms with E-state index in [1.165, 1.54) is 0 Å². The third-order valence-electron chi connectivity index (χ3n) is 21.9. The molecule has 4 fully saturated rings. The largest absolute Gasteiger partial charge is 0.491 e. The second-order valence-corrected chi connectivity index (χ2v) is 34.3. The minimum atomic E-state index is -3.64. The third-order valence-corrected chi connectivity index (χ3v) is 28.3. The van der Waals surface area contributed by atoms with Gasteiger partial charge >= 0.3 is 0 Å². The van der Waals surface area contributed by atoms with Crippen molar-refractivity contribution in [1.29, 1.82) is 0 Å². The number of hydrogen-bond donors (Lipinski definition) is 0. The normalized spacial score (nSPS) is 21.6. The predicted octanol–water partition coefficient (Wildman–Crippen LogP) is 17.5. The van der Waals surface area contributed by atoms with Crippen LogP contribution in [0.15, 0.2) is 170 Å². The molecule has 0 bridgehead atoms. The van der Waals surface area contributed by atoms with E-state index in [0.717, 1.165) is 126 Å². The highest BCUT2D eigenvalue weighted by molar-refractivity contribution is 7.69. The summed E-state index contributed by atoms with van der Waals surface area (Å²) in [5.41, 5.74) is 10.6. The lowest BCUT2D eigenvalue weighted by Crippen LogP contribution is -2.33. The van der Waals surface area contributed by atoms with Gasteiger partial charge in [0.05, 0.1) is 47.3 Å². The molecule has 6 unspecified atom stereocenters. The van der Waals surface area contributed by atoms with Gasteiger partial charge in [0.25, 0.3) is 14.7 Å². The maximum absolute atomic E-state index is 16.1. The highest BCUT2D eigenvalue weighted by atomic mass is 31.2. The zero-order valence-corrected chi connectivity index (χ0v) is 58.5.